The smallest absolute Gasteiger partial charge is 0.0840 e. The fourth-order valence-electron chi connectivity index (χ4n) is 1.14. The van der Waals surface area contributed by atoms with Gasteiger partial charge in [0.1, 0.15) is 0 Å². The van der Waals surface area contributed by atoms with Crippen molar-refractivity contribution in [3.63, 3.8) is 0 Å². The lowest BCUT2D eigenvalue weighted by Gasteiger charge is -2.06. The summed E-state index contributed by atoms with van der Waals surface area (Å²) in [4.78, 5) is 0. The van der Waals surface area contributed by atoms with Gasteiger partial charge in [0, 0.05) is 15.0 Å². The Labute approximate surface area is 79.7 Å². The lowest BCUT2D eigenvalue weighted by atomic mass is 10.0. The summed E-state index contributed by atoms with van der Waals surface area (Å²) in [5, 5.41) is 11.8. The van der Waals surface area contributed by atoms with Crippen molar-refractivity contribution < 1.29 is 9.73 Å². The molecule has 1 atom stereocenters. The molecule has 0 aliphatic heterocycles. The highest BCUT2D eigenvalue weighted by atomic mass is 31.0. The fraction of sp³-hybridized carbons (Fsp3) is 0.222. The zero-order valence-electron chi connectivity index (χ0n) is 7.40. The monoisotopic (exact) mass is 197 g/mol. The molecule has 13 heavy (non-hydrogen) atoms. The van der Waals surface area contributed by atoms with Gasteiger partial charge in [-0.1, -0.05) is 29.4 Å². The number of hydrogen-bond donors (Lipinski definition) is 1. The van der Waals surface area contributed by atoms with Crippen LogP contribution in [0.5, 0.6) is 0 Å². The van der Waals surface area contributed by atoms with Crippen LogP contribution in [0.2, 0.25) is 0 Å². The SMILES string of the molecule is C/C(=N/O)c1ccccc1COP. The summed E-state index contributed by atoms with van der Waals surface area (Å²) >= 11 is 0. The Morgan fingerprint density at radius 2 is 2.23 bits per heavy atom. The van der Waals surface area contributed by atoms with Crippen molar-refractivity contribution in [2.24, 2.45) is 5.16 Å². The lowest BCUT2D eigenvalue weighted by Crippen LogP contribution is -2.00. The number of nitrogens with zero attached hydrogens (tertiary/aromatic N) is 1. The lowest BCUT2D eigenvalue weighted by molar-refractivity contribution is 0.318. The van der Waals surface area contributed by atoms with Crippen LogP contribution >= 0.6 is 9.47 Å². The number of oxime groups is 1. The molecule has 70 valence electrons. The van der Waals surface area contributed by atoms with E-state index in [1.54, 1.807) is 6.92 Å². The quantitative estimate of drug-likeness (QED) is 0.349. The van der Waals surface area contributed by atoms with E-state index >= 15 is 0 Å². The molecule has 0 heterocycles. The van der Waals surface area contributed by atoms with Crippen molar-refractivity contribution in [3.8, 4) is 0 Å². The number of hydrogen-bond acceptors (Lipinski definition) is 3. The van der Waals surface area contributed by atoms with Gasteiger partial charge < -0.3 is 9.73 Å². The first-order chi connectivity index (χ1) is 6.29. The third-order valence-electron chi connectivity index (χ3n) is 1.80. The first kappa shape index (κ1) is 10.2. The van der Waals surface area contributed by atoms with Crippen LogP contribution < -0.4 is 0 Å². The normalized spacial score (nSPS) is 11.7. The highest BCUT2D eigenvalue weighted by Crippen LogP contribution is 2.12. The molecule has 0 fully saturated rings. The van der Waals surface area contributed by atoms with E-state index in [0.717, 1.165) is 11.1 Å². The van der Waals surface area contributed by atoms with Gasteiger partial charge >= 0.3 is 0 Å². The maximum atomic E-state index is 8.62. The highest BCUT2D eigenvalue weighted by Gasteiger charge is 2.03. The Morgan fingerprint density at radius 1 is 1.54 bits per heavy atom. The predicted octanol–water partition coefficient (Wildman–Crippen LogP) is 2.19. The minimum atomic E-state index is 0.494. The molecular formula is C9H12NO2P. The van der Waals surface area contributed by atoms with Crippen molar-refractivity contribution in [1.29, 1.82) is 0 Å². The van der Waals surface area contributed by atoms with E-state index in [-0.39, 0.29) is 0 Å². The molecule has 1 N–H and O–H groups in total. The highest BCUT2D eigenvalue weighted by molar-refractivity contribution is 7.09. The van der Waals surface area contributed by atoms with Gasteiger partial charge in [-0.3, -0.25) is 0 Å². The molecule has 1 rings (SSSR count). The molecule has 3 nitrogen and oxygen atoms in total. The van der Waals surface area contributed by atoms with E-state index in [0.29, 0.717) is 12.3 Å². The van der Waals surface area contributed by atoms with Crippen molar-refractivity contribution >= 4 is 15.2 Å². The molecule has 1 aromatic rings. The number of rotatable bonds is 3. The van der Waals surface area contributed by atoms with Crippen molar-refractivity contribution in [2.75, 3.05) is 0 Å². The Bertz CT molecular complexity index is 312. The molecule has 0 radical (unpaired) electrons. The van der Waals surface area contributed by atoms with Gasteiger partial charge in [-0.2, -0.15) is 0 Å². The van der Waals surface area contributed by atoms with Crippen LogP contribution in [0.1, 0.15) is 18.1 Å². The van der Waals surface area contributed by atoms with Gasteiger partial charge in [0.05, 0.1) is 12.3 Å². The van der Waals surface area contributed by atoms with Crippen LogP contribution in [-0.2, 0) is 11.1 Å². The summed E-state index contributed by atoms with van der Waals surface area (Å²) in [7, 11) is 2.20. The largest absolute Gasteiger partial charge is 0.411 e. The molecule has 1 unspecified atom stereocenters. The molecule has 0 aliphatic rings. The first-order valence-corrected chi connectivity index (χ1v) is 4.35. The Morgan fingerprint density at radius 3 is 2.85 bits per heavy atom. The maximum absolute atomic E-state index is 8.62. The summed E-state index contributed by atoms with van der Waals surface area (Å²) in [6.07, 6.45) is 0. The predicted molar refractivity (Wildman–Crippen MR) is 54.9 cm³/mol. The third-order valence-corrected chi connectivity index (χ3v) is 1.96. The second-order valence-corrected chi connectivity index (χ2v) is 2.99. The van der Waals surface area contributed by atoms with Crippen LogP contribution in [0, 0.1) is 0 Å². The van der Waals surface area contributed by atoms with Crippen molar-refractivity contribution in [3.05, 3.63) is 35.4 Å². The Kier molecular flexibility index (Phi) is 3.87. The third kappa shape index (κ3) is 2.51. The standard InChI is InChI=1S/C9H12NO2P/c1-7(10-11)9-5-3-2-4-8(9)6-12-13/h2-5,11H,6,13H2,1H3/b10-7-. The second-order valence-electron chi connectivity index (χ2n) is 2.65. The second kappa shape index (κ2) is 4.95. The zero-order valence-corrected chi connectivity index (χ0v) is 8.55. The van der Waals surface area contributed by atoms with Crippen molar-refractivity contribution in [2.45, 2.75) is 13.5 Å². The van der Waals surface area contributed by atoms with Gasteiger partial charge in [-0.15, -0.1) is 0 Å². The van der Waals surface area contributed by atoms with Crippen LogP contribution in [0.25, 0.3) is 0 Å². The van der Waals surface area contributed by atoms with Crippen LogP contribution in [0.15, 0.2) is 29.4 Å². The van der Waals surface area contributed by atoms with Crippen LogP contribution in [-0.4, -0.2) is 10.9 Å². The Hall–Kier alpha value is -0.920. The van der Waals surface area contributed by atoms with E-state index in [9.17, 15) is 0 Å². The minimum absolute atomic E-state index is 0.494. The van der Waals surface area contributed by atoms with Crippen molar-refractivity contribution in [1.82, 2.24) is 0 Å². The van der Waals surface area contributed by atoms with E-state index in [1.165, 1.54) is 0 Å². The summed E-state index contributed by atoms with van der Waals surface area (Å²) in [5.41, 5.74) is 2.51. The molecule has 0 saturated carbocycles. The Balaban J connectivity index is 3.04. The van der Waals surface area contributed by atoms with Gasteiger partial charge in [0.2, 0.25) is 0 Å². The van der Waals surface area contributed by atoms with E-state index < -0.39 is 0 Å². The molecule has 0 aromatic heterocycles. The molecule has 4 heteroatoms. The summed E-state index contributed by atoms with van der Waals surface area (Å²) in [6, 6.07) is 7.66. The molecule has 0 bridgehead atoms. The molecule has 0 spiro atoms. The molecule has 0 amide bonds. The molecule has 0 aliphatic carbocycles. The summed E-state index contributed by atoms with van der Waals surface area (Å²) < 4.78 is 4.94. The van der Waals surface area contributed by atoms with Gasteiger partial charge in [-0.05, 0) is 12.5 Å². The number of benzene rings is 1. The fourth-order valence-corrected chi connectivity index (χ4v) is 1.32. The van der Waals surface area contributed by atoms with Gasteiger partial charge in [-0.25, -0.2) is 0 Å². The topological polar surface area (TPSA) is 41.8 Å². The molecule has 0 saturated heterocycles. The summed E-state index contributed by atoms with van der Waals surface area (Å²) in [5.74, 6) is 0. The maximum Gasteiger partial charge on any atom is 0.0840 e. The molecule has 1 aromatic carbocycles. The van der Waals surface area contributed by atoms with E-state index in [4.69, 9.17) is 9.73 Å². The first-order valence-electron chi connectivity index (χ1n) is 3.88. The van der Waals surface area contributed by atoms with Crippen LogP contribution in [0.4, 0.5) is 0 Å². The minimum Gasteiger partial charge on any atom is -0.411 e. The average molecular weight is 197 g/mol. The van der Waals surface area contributed by atoms with Gasteiger partial charge in [0.25, 0.3) is 0 Å². The average Bonchev–Trinajstić information content (AvgIpc) is 2.18. The summed E-state index contributed by atoms with van der Waals surface area (Å²) in [6.45, 7) is 2.25. The van der Waals surface area contributed by atoms with E-state index in [1.807, 2.05) is 24.3 Å². The van der Waals surface area contributed by atoms with Gasteiger partial charge in [0.15, 0.2) is 0 Å². The molecular weight excluding hydrogens is 185 g/mol. The zero-order chi connectivity index (χ0) is 9.68. The van der Waals surface area contributed by atoms with Crippen LogP contribution in [0.3, 0.4) is 0 Å². The van der Waals surface area contributed by atoms with E-state index in [2.05, 4.69) is 14.6 Å².